The second-order valence-corrected chi connectivity index (χ2v) is 3.48. The van der Waals surface area contributed by atoms with E-state index in [1.165, 1.54) is 6.33 Å². The number of ether oxygens (including phenoxy) is 2. The molecule has 2 rings (SSSR count). The van der Waals surface area contributed by atoms with Crippen molar-refractivity contribution in [2.24, 2.45) is 0 Å². The number of hydrogen-bond donors (Lipinski definition) is 0. The molecule has 0 aliphatic rings. The maximum absolute atomic E-state index is 8.78. The van der Waals surface area contributed by atoms with E-state index in [0.29, 0.717) is 30.2 Å². The van der Waals surface area contributed by atoms with Crippen molar-refractivity contribution in [1.29, 1.82) is 5.26 Å². The first-order chi connectivity index (χ1) is 8.83. The summed E-state index contributed by atoms with van der Waals surface area (Å²) < 4.78 is 12.4. The Morgan fingerprint density at radius 3 is 2.94 bits per heavy atom. The predicted molar refractivity (Wildman–Crippen MR) is 63.2 cm³/mol. The van der Waals surface area contributed by atoms with E-state index in [1.807, 2.05) is 6.07 Å². The van der Waals surface area contributed by atoms with Gasteiger partial charge in [-0.1, -0.05) is 0 Å². The number of rotatable bonds is 5. The van der Waals surface area contributed by atoms with E-state index < -0.39 is 0 Å². The van der Waals surface area contributed by atoms with Crippen molar-refractivity contribution < 1.29 is 9.47 Å². The SMILES string of the molecule is COc1cc(C#N)ccc1OCCn1cncn1. The van der Waals surface area contributed by atoms with Crippen LogP contribution in [-0.4, -0.2) is 28.5 Å². The Bertz CT molecular complexity index is 546. The minimum absolute atomic E-state index is 0.450. The molecule has 92 valence electrons. The summed E-state index contributed by atoms with van der Waals surface area (Å²) >= 11 is 0. The van der Waals surface area contributed by atoms with Crippen LogP contribution in [0.2, 0.25) is 0 Å². The van der Waals surface area contributed by atoms with E-state index in [-0.39, 0.29) is 0 Å². The van der Waals surface area contributed by atoms with Crippen LogP contribution in [0.1, 0.15) is 5.56 Å². The van der Waals surface area contributed by atoms with Gasteiger partial charge < -0.3 is 9.47 Å². The zero-order chi connectivity index (χ0) is 12.8. The molecular formula is C12H12N4O2. The van der Waals surface area contributed by atoms with Crippen LogP contribution in [0.15, 0.2) is 30.9 Å². The van der Waals surface area contributed by atoms with Crippen molar-refractivity contribution in [2.45, 2.75) is 6.54 Å². The molecule has 0 bridgehead atoms. The van der Waals surface area contributed by atoms with Gasteiger partial charge in [-0.3, -0.25) is 0 Å². The summed E-state index contributed by atoms with van der Waals surface area (Å²) in [5.74, 6) is 1.16. The molecule has 0 radical (unpaired) electrons. The van der Waals surface area contributed by atoms with Gasteiger partial charge in [0.05, 0.1) is 25.3 Å². The molecule has 0 atom stereocenters. The molecule has 6 heteroatoms. The van der Waals surface area contributed by atoms with Gasteiger partial charge in [0.1, 0.15) is 19.3 Å². The Balaban J connectivity index is 1.98. The molecule has 0 aliphatic carbocycles. The van der Waals surface area contributed by atoms with Gasteiger partial charge in [0.15, 0.2) is 11.5 Å². The second kappa shape index (κ2) is 5.68. The summed E-state index contributed by atoms with van der Waals surface area (Å²) in [6.07, 6.45) is 3.10. The molecule has 0 amide bonds. The Morgan fingerprint density at radius 2 is 2.28 bits per heavy atom. The lowest BCUT2D eigenvalue weighted by Crippen LogP contribution is -2.09. The average molecular weight is 244 g/mol. The van der Waals surface area contributed by atoms with Crippen LogP contribution in [0.5, 0.6) is 11.5 Å². The molecule has 18 heavy (non-hydrogen) atoms. The van der Waals surface area contributed by atoms with Gasteiger partial charge in [-0.15, -0.1) is 0 Å². The van der Waals surface area contributed by atoms with Crippen LogP contribution in [0.4, 0.5) is 0 Å². The van der Waals surface area contributed by atoms with Crippen LogP contribution in [-0.2, 0) is 6.54 Å². The summed E-state index contributed by atoms with van der Waals surface area (Å²) in [4.78, 5) is 3.84. The van der Waals surface area contributed by atoms with E-state index in [9.17, 15) is 0 Å². The highest BCUT2D eigenvalue weighted by atomic mass is 16.5. The minimum atomic E-state index is 0.450. The van der Waals surface area contributed by atoms with Crippen molar-refractivity contribution in [3.05, 3.63) is 36.4 Å². The van der Waals surface area contributed by atoms with E-state index in [1.54, 1.807) is 36.3 Å². The first-order valence-electron chi connectivity index (χ1n) is 5.37. The fourth-order valence-corrected chi connectivity index (χ4v) is 1.45. The van der Waals surface area contributed by atoms with Crippen LogP contribution in [0, 0.1) is 11.3 Å². The Hall–Kier alpha value is -2.55. The molecule has 0 spiro atoms. The van der Waals surface area contributed by atoms with Crippen molar-refractivity contribution in [3.63, 3.8) is 0 Å². The Labute approximate surface area is 104 Å². The number of nitriles is 1. The van der Waals surface area contributed by atoms with Gasteiger partial charge in [-0.25, -0.2) is 9.67 Å². The number of hydrogen-bond acceptors (Lipinski definition) is 5. The van der Waals surface area contributed by atoms with Gasteiger partial charge >= 0.3 is 0 Å². The standard InChI is InChI=1S/C12H12N4O2/c1-17-12-6-10(7-13)2-3-11(12)18-5-4-16-9-14-8-15-16/h2-3,6,8-9H,4-5H2,1H3. The molecule has 0 aliphatic heterocycles. The molecule has 0 saturated heterocycles. The van der Waals surface area contributed by atoms with Gasteiger partial charge in [0.2, 0.25) is 0 Å². The van der Waals surface area contributed by atoms with E-state index in [4.69, 9.17) is 14.7 Å². The van der Waals surface area contributed by atoms with Crippen LogP contribution in [0.25, 0.3) is 0 Å². The minimum Gasteiger partial charge on any atom is -0.493 e. The third-order valence-electron chi connectivity index (χ3n) is 2.34. The summed E-state index contributed by atoms with van der Waals surface area (Å²) in [5, 5.41) is 12.8. The predicted octanol–water partition coefficient (Wildman–Crippen LogP) is 1.24. The molecule has 0 saturated carbocycles. The zero-order valence-electron chi connectivity index (χ0n) is 9.91. The largest absolute Gasteiger partial charge is 0.493 e. The molecule has 2 aromatic rings. The van der Waals surface area contributed by atoms with Crippen molar-refractivity contribution in [1.82, 2.24) is 14.8 Å². The van der Waals surface area contributed by atoms with Gasteiger partial charge in [0.25, 0.3) is 0 Å². The maximum Gasteiger partial charge on any atom is 0.162 e. The number of methoxy groups -OCH3 is 1. The fraction of sp³-hybridized carbons (Fsp3) is 0.250. The quantitative estimate of drug-likeness (QED) is 0.791. The normalized spacial score (nSPS) is 9.78. The van der Waals surface area contributed by atoms with Crippen molar-refractivity contribution in [3.8, 4) is 17.6 Å². The van der Waals surface area contributed by atoms with Crippen molar-refractivity contribution in [2.75, 3.05) is 13.7 Å². The molecule has 1 aromatic carbocycles. The van der Waals surface area contributed by atoms with Crippen molar-refractivity contribution >= 4 is 0 Å². The molecule has 6 nitrogen and oxygen atoms in total. The Kier molecular flexibility index (Phi) is 3.76. The van der Waals surface area contributed by atoms with Gasteiger partial charge in [0, 0.05) is 6.07 Å². The third-order valence-corrected chi connectivity index (χ3v) is 2.34. The van der Waals surface area contributed by atoms with E-state index in [2.05, 4.69) is 10.1 Å². The maximum atomic E-state index is 8.78. The van der Waals surface area contributed by atoms with E-state index >= 15 is 0 Å². The number of benzene rings is 1. The van der Waals surface area contributed by atoms with Crippen LogP contribution in [0.3, 0.4) is 0 Å². The molecule has 1 heterocycles. The Morgan fingerprint density at radius 1 is 1.39 bits per heavy atom. The van der Waals surface area contributed by atoms with Crippen LogP contribution < -0.4 is 9.47 Å². The van der Waals surface area contributed by atoms with Gasteiger partial charge in [-0.05, 0) is 12.1 Å². The van der Waals surface area contributed by atoms with E-state index in [0.717, 1.165) is 0 Å². The lowest BCUT2D eigenvalue weighted by atomic mass is 10.2. The highest BCUT2D eigenvalue weighted by Gasteiger charge is 2.05. The first-order valence-corrected chi connectivity index (χ1v) is 5.37. The highest BCUT2D eigenvalue weighted by molar-refractivity contribution is 5.46. The summed E-state index contributed by atoms with van der Waals surface area (Å²) in [6.45, 7) is 1.05. The zero-order valence-corrected chi connectivity index (χ0v) is 9.91. The molecule has 1 aromatic heterocycles. The fourth-order valence-electron chi connectivity index (χ4n) is 1.45. The molecule has 0 fully saturated rings. The van der Waals surface area contributed by atoms with Gasteiger partial charge in [-0.2, -0.15) is 10.4 Å². The smallest absolute Gasteiger partial charge is 0.162 e. The monoisotopic (exact) mass is 244 g/mol. The topological polar surface area (TPSA) is 73.0 Å². The lowest BCUT2D eigenvalue weighted by molar-refractivity contribution is 0.274. The third kappa shape index (κ3) is 2.77. The summed E-state index contributed by atoms with van der Waals surface area (Å²) in [7, 11) is 1.54. The molecule has 0 unspecified atom stereocenters. The first kappa shape index (κ1) is 11.9. The number of nitrogens with zero attached hydrogens (tertiary/aromatic N) is 4. The second-order valence-electron chi connectivity index (χ2n) is 3.48. The molecular weight excluding hydrogens is 232 g/mol. The lowest BCUT2D eigenvalue weighted by Gasteiger charge is -2.10. The summed E-state index contributed by atoms with van der Waals surface area (Å²) in [6, 6.07) is 7.10. The summed E-state index contributed by atoms with van der Waals surface area (Å²) in [5.41, 5.74) is 0.537. The number of aromatic nitrogens is 3. The average Bonchev–Trinajstić information content (AvgIpc) is 2.92. The highest BCUT2D eigenvalue weighted by Crippen LogP contribution is 2.27. The molecule has 0 N–H and O–H groups in total. The van der Waals surface area contributed by atoms with Crippen LogP contribution >= 0.6 is 0 Å².